The minimum atomic E-state index is -0.711. The van der Waals surface area contributed by atoms with Gasteiger partial charge in [0.1, 0.15) is 0 Å². The molecule has 0 saturated carbocycles. The smallest absolute Gasteiger partial charge is 0.440 e. The monoisotopic (exact) mass is 303 g/mol. The van der Waals surface area contributed by atoms with Gasteiger partial charge in [-0.3, -0.25) is 0 Å². The van der Waals surface area contributed by atoms with Crippen LogP contribution in [-0.4, -0.2) is 24.5 Å². The van der Waals surface area contributed by atoms with Crippen molar-refractivity contribution < 1.29 is 19.0 Å². The van der Waals surface area contributed by atoms with Crippen molar-refractivity contribution in [3.8, 4) is 5.88 Å². The molecule has 2 aromatic rings. The Bertz CT molecular complexity index is 600. The zero-order valence-electron chi connectivity index (χ0n) is 12.8. The van der Waals surface area contributed by atoms with Gasteiger partial charge in [0.15, 0.2) is 0 Å². The fourth-order valence-corrected chi connectivity index (χ4v) is 1.99. The minimum absolute atomic E-state index is 0.209. The van der Waals surface area contributed by atoms with Crippen LogP contribution in [0.15, 0.2) is 36.4 Å². The quantitative estimate of drug-likeness (QED) is 0.413. The van der Waals surface area contributed by atoms with Crippen molar-refractivity contribution in [2.75, 3.05) is 13.4 Å². The third-order valence-electron chi connectivity index (χ3n) is 3.17. The normalized spacial score (nSPS) is 10.4. The van der Waals surface area contributed by atoms with E-state index in [1.807, 2.05) is 30.3 Å². The molecule has 0 fully saturated rings. The van der Waals surface area contributed by atoms with Crippen molar-refractivity contribution in [2.24, 2.45) is 0 Å². The largest absolute Gasteiger partial charge is 0.511 e. The van der Waals surface area contributed by atoms with Gasteiger partial charge in [0.25, 0.3) is 0 Å². The first kappa shape index (κ1) is 16.1. The fourth-order valence-electron chi connectivity index (χ4n) is 1.99. The number of fused-ring (bicyclic) bond motifs is 1. The van der Waals surface area contributed by atoms with Crippen molar-refractivity contribution in [1.29, 1.82) is 0 Å². The van der Waals surface area contributed by atoms with E-state index in [1.54, 1.807) is 6.07 Å². The van der Waals surface area contributed by atoms with Crippen LogP contribution in [0, 0.1) is 0 Å². The summed E-state index contributed by atoms with van der Waals surface area (Å²) in [5.74, 6) is 0.412. The maximum atomic E-state index is 11.3. The summed E-state index contributed by atoms with van der Waals surface area (Å²) in [5, 5.41) is 1.03. The number of aromatic nitrogens is 1. The van der Waals surface area contributed by atoms with Crippen molar-refractivity contribution in [3.63, 3.8) is 0 Å². The molecule has 0 N–H and O–H groups in total. The van der Waals surface area contributed by atoms with E-state index in [9.17, 15) is 4.79 Å². The van der Waals surface area contributed by atoms with Gasteiger partial charge in [-0.2, -0.15) is 0 Å². The zero-order chi connectivity index (χ0) is 15.6. The van der Waals surface area contributed by atoms with Crippen LogP contribution in [-0.2, 0) is 9.47 Å². The third kappa shape index (κ3) is 5.24. The molecule has 0 bridgehead atoms. The summed E-state index contributed by atoms with van der Waals surface area (Å²) in [5.41, 5.74) is 0.832. The summed E-state index contributed by atoms with van der Waals surface area (Å²) in [6.07, 6.45) is 3.50. The highest BCUT2D eigenvalue weighted by molar-refractivity contribution is 5.78. The number of para-hydroxylation sites is 1. The molecule has 0 unspecified atom stereocenters. The number of carbonyl (C=O) groups is 1. The summed E-state index contributed by atoms with van der Waals surface area (Å²) in [7, 11) is 0. The zero-order valence-corrected chi connectivity index (χ0v) is 12.8. The van der Waals surface area contributed by atoms with Crippen LogP contribution in [0.2, 0.25) is 0 Å². The van der Waals surface area contributed by atoms with E-state index >= 15 is 0 Å². The first-order valence-electron chi connectivity index (χ1n) is 7.57. The first-order valence-corrected chi connectivity index (χ1v) is 7.57. The topological polar surface area (TPSA) is 57.7 Å². The minimum Gasteiger partial charge on any atom is -0.440 e. The molecule has 0 saturated heterocycles. The molecule has 118 valence electrons. The van der Waals surface area contributed by atoms with Gasteiger partial charge in [-0.05, 0) is 18.6 Å². The highest BCUT2D eigenvalue weighted by Crippen LogP contribution is 2.15. The number of nitrogens with zero attached hydrogens (tertiary/aromatic N) is 1. The highest BCUT2D eigenvalue weighted by Gasteiger charge is 2.04. The number of hydrogen-bond acceptors (Lipinski definition) is 5. The van der Waals surface area contributed by atoms with Gasteiger partial charge in [0, 0.05) is 11.5 Å². The highest BCUT2D eigenvalue weighted by atomic mass is 16.8. The van der Waals surface area contributed by atoms with E-state index in [0.29, 0.717) is 12.5 Å². The number of rotatable bonds is 8. The first-order chi connectivity index (χ1) is 10.8. The van der Waals surface area contributed by atoms with E-state index < -0.39 is 6.16 Å². The molecule has 1 aromatic carbocycles. The number of benzene rings is 1. The Morgan fingerprint density at radius 1 is 1.05 bits per heavy atom. The molecule has 1 aromatic heterocycles. The van der Waals surface area contributed by atoms with Gasteiger partial charge < -0.3 is 14.2 Å². The van der Waals surface area contributed by atoms with Gasteiger partial charge in [0.2, 0.25) is 12.7 Å². The number of ether oxygens (including phenoxy) is 3. The SMILES string of the molecule is CCCCCCOC(=O)OCOc1ccc2ccccc2n1. The Hall–Kier alpha value is -2.30. The Morgan fingerprint density at radius 3 is 2.77 bits per heavy atom. The van der Waals surface area contributed by atoms with Gasteiger partial charge in [-0.15, -0.1) is 0 Å². The van der Waals surface area contributed by atoms with Crippen LogP contribution >= 0.6 is 0 Å². The number of unbranched alkanes of at least 4 members (excludes halogenated alkanes) is 3. The Balaban J connectivity index is 1.67. The maximum absolute atomic E-state index is 11.3. The summed E-state index contributed by atoms with van der Waals surface area (Å²) >= 11 is 0. The van der Waals surface area contributed by atoms with Crippen LogP contribution in [0.25, 0.3) is 10.9 Å². The lowest BCUT2D eigenvalue weighted by atomic mass is 10.2. The molecule has 5 nitrogen and oxygen atoms in total. The van der Waals surface area contributed by atoms with E-state index in [2.05, 4.69) is 11.9 Å². The summed E-state index contributed by atoms with van der Waals surface area (Å²) in [6, 6.07) is 11.4. The van der Waals surface area contributed by atoms with E-state index in [0.717, 1.165) is 36.6 Å². The van der Waals surface area contributed by atoms with E-state index in [-0.39, 0.29) is 6.79 Å². The standard InChI is InChI=1S/C17H21NO4/c1-2-3-4-7-12-20-17(19)22-13-21-16-11-10-14-8-5-6-9-15(14)18-16/h5-6,8-11H,2-4,7,12-13H2,1H3. The second kappa shape index (κ2) is 8.87. The lowest BCUT2D eigenvalue weighted by molar-refractivity contribution is 0.00269. The molecule has 0 radical (unpaired) electrons. The van der Waals surface area contributed by atoms with E-state index in [1.165, 1.54) is 0 Å². The van der Waals surface area contributed by atoms with Gasteiger partial charge >= 0.3 is 6.16 Å². The molecular formula is C17H21NO4. The molecule has 5 heteroatoms. The molecule has 2 rings (SSSR count). The van der Waals surface area contributed by atoms with Crippen LogP contribution in [0.1, 0.15) is 32.6 Å². The predicted molar refractivity (Wildman–Crippen MR) is 83.8 cm³/mol. The molecular weight excluding hydrogens is 282 g/mol. The Labute approximate surface area is 130 Å². The van der Waals surface area contributed by atoms with Crippen molar-refractivity contribution >= 4 is 17.1 Å². The molecule has 0 spiro atoms. The summed E-state index contributed by atoms with van der Waals surface area (Å²) < 4.78 is 15.1. The van der Waals surface area contributed by atoms with Gasteiger partial charge in [-0.1, -0.05) is 44.4 Å². The summed E-state index contributed by atoms with van der Waals surface area (Å²) in [4.78, 5) is 15.6. The van der Waals surface area contributed by atoms with Crippen molar-refractivity contribution in [1.82, 2.24) is 4.98 Å². The third-order valence-corrected chi connectivity index (χ3v) is 3.17. The molecule has 0 amide bonds. The van der Waals surface area contributed by atoms with Gasteiger partial charge in [-0.25, -0.2) is 9.78 Å². The number of pyridine rings is 1. The lowest BCUT2D eigenvalue weighted by Gasteiger charge is -2.08. The molecule has 0 aliphatic rings. The summed E-state index contributed by atoms with van der Waals surface area (Å²) in [6.45, 7) is 2.31. The second-order valence-electron chi connectivity index (χ2n) is 4.91. The van der Waals surface area contributed by atoms with Crippen LogP contribution < -0.4 is 4.74 Å². The Morgan fingerprint density at radius 2 is 1.91 bits per heavy atom. The molecule has 0 atom stereocenters. The predicted octanol–water partition coefficient (Wildman–Crippen LogP) is 4.30. The Kier molecular flexibility index (Phi) is 6.48. The maximum Gasteiger partial charge on any atom is 0.511 e. The second-order valence-corrected chi connectivity index (χ2v) is 4.91. The number of carbonyl (C=O) groups excluding carboxylic acids is 1. The molecule has 22 heavy (non-hydrogen) atoms. The van der Waals surface area contributed by atoms with Crippen molar-refractivity contribution in [2.45, 2.75) is 32.6 Å². The fraction of sp³-hybridized carbons (Fsp3) is 0.412. The molecule has 0 aliphatic carbocycles. The molecule has 1 heterocycles. The van der Waals surface area contributed by atoms with Crippen molar-refractivity contribution in [3.05, 3.63) is 36.4 Å². The lowest BCUT2D eigenvalue weighted by Crippen LogP contribution is -2.13. The van der Waals surface area contributed by atoms with Crippen LogP contribution in [0.3, 0.4) is 0 Å². The van der Waals surface area contributed by atoms with Gasteiger partial charge in [0.05, 0.1) is 12.1 Å². The van der Waals surface area contributed by atoms with Crippen LogP contribution in [0.4, 0.5) is 4.79 Å². The average molecular weight is 303 g/mol. The van der Waals surface area contributed by atoms with Crippen LogP contribution in [0.5, 0.6) is 5.88 Å². The number of hydrogen-bond donors (Lipinski definition) is 0. The molecule has 0 aliphatic heterocycles. The average Bonchev–Trinajstić information content (AvgIpc) is 2.54. The van der Waals surface area contributed by atoms with E-state index in [4.69, 9.17) is 14.2 Å².